The zero-order chi connectivity index (χ0) is 37.4. The maximum absolute atomic E-state index is 13.9. The fourth-order valence-corrected chi connectivity index (χ4v) is 6.62. The SMILES string of the molecule is COC1C=CO[C@@]2(C)Oc3c(C)c(O)c4c(c3C2=O)C(=O)C=C(NC(=O)C(C)=CC=CC(C)C(O)C(C)C(O)C(C)C(OC(C)=O)C1C)C4=O. The number of ether oxygens (including phenoxy) is 4. The molecular formula is C37H45NO12. The van der Waals surface area contributed by atoms with Crippen LogP contribution in [0.4, 0.5) is 0 Å². The second kappa shape index (κ2) is 14.7. The van der Waals surface area contributed by atoms with Crippen LogP contribution >= 0.6 is 0 Å². The Balaban J connectivity index is 1.83. The van der Waals surface area contributed by atoms with E-state index in [0.29, 0.717) is 0 Å². The molecule has 3 heterocycles. The van der Waals surface area contributed by atoms with Gasteiger partial charge in [0.05, 0.1) is 47.0 Å². The lowest BCUT2D eigenvalue weighted by atomic mass is 9.78. The summed E-state index contributed by atoms with van der Waals surface area (Å²) in [4.78, 5) is 66.2. The Morgan fingerprint density at radius 3 is 2.22 bits per heavy atom. The average Bonchev–Trinajstić information content (AvgIpc) is 3.33. The summed E-state index contributed by atoms with van der Waals surface area (Å²) in [6.45, 7) is 12.3. The van der Waals surface area contributed by atoms with Crippen LogP contribution in [0.2, 0.25) is 0 Å². The number of esters is 1. The first-order valence-corrected chi connectivity index (χ1v) is 16.4. The first kappa shape index (κ1) is 38.2. The number of phenolic OH excluding ortho intramolecular Hbond substituents is 1. The molecule has 8 unspecified atom stereocenters. The number of amides is 1. The summed E-state index contributed by atoms with van der Waals surface area (Å²) in [5.74, 6) is -8.99. The number of aliphatic hydroxyl groups excluding tert-OH is 2. The molecule has 270 valence electrons. The van der Waals surface area contributed by atoms with E-state index in [1.165, 1.54) is 47.0 Å². The molecule has 50 heavy (non-hydrogen) atoms. The molecular weight excluding hydrogens is 650 g/mol. The van der Waals surface area contributed by atoms with Crippen molar-refractivity contribution in [2.24, 2.45) is 23.7 Å². The maximum Gasteiger partial charge on any atom is 0.312 e. The largest absolute Gasteiger partial charge is 0.507 e. The number of phenols is 1. The highest BCUT2D eigenvalue weighted by molar-refractivity contribution is 6.30. The predicted octanol–water partition coefficient (Wildman–Crippen LogP) is 3.63. The predicted molar refractivity (Wildman–Crippen MR) is 179 cm³/mol. The van der Waals surface area contributed by atoms with E-state index >= 15 is 0 Å². The molecule has 0 saturated carbocycles. The molecule has 3 aliphatic heterocycles. The third-order valence-electron chi connectivity index (χ3n) is 9.80. The van der Waals surface area contributed by atoms with Gasteiger partial charge in [0, 0.05) is 61.8 Å². The third-order valence-corrected chi connectivity index (χ3v) is 9.80. The molecule has 13 nitrogen and oxygen atoms in total. The molecule has 0 aromatic heterocycles. The van der Waals surface area contributed by atoms with Gasteiger partial charge >= 0.3 is 11.8 Å². The van der Waals surface area contributed by atoms with Crippen LogP contribution in [-0.2, 0) is 23.8 Å². The minimum atomic E-state index is -2.03. The highest BCUT2D eigenvalue weighted by Gasteiger charge is 2.51. The van der Waals surface area contributed by atoms with E-state index in [4.69, 9.17) is 18.9 Å². The van der Waals surface area contributed by atoms with Gasteiger partial charge in [-0.2, -0.15) is 0 Å². The zero-order valence-corrected chi connectivity index (χ0v) is 29.6. The molecule has 0 saturated heterocycles. The van der Waals surface area contributed by atoms with E-state index in [0.717, 1.165) is 12.3 Å². The number of ketones is 3. The van der Waals surface area contributed by atoms with Crippen molar-refractivity contribution in [2.75, 3.05) is 7.11 Å². The van der Waals surface area contributed by atoms with E-state index in [-0.39, 0.29) is 28.0 Å². The number of Topliss-reactive ketones (excluding diaryl/α,β-unsaturated/α-hetero) is 2. The monoisotopic (exact) mass is 695 g/mol. The van der Waals surface area contributed by atoms with Crippen LogP contribution in [0.5, 0.6) is 11.5 Å². The van der Waals surface area contributed by atoms with E-state index in [1.807, 2.05) is 0 Å². The number of methoxy groups -OCH3 is 1. The standard InChI is InChI=1S/C37H45NO12/c1-16-11-10-12-17(2)36(46)38-23-15-24(40)26-27(32(23)44)31(43)21(6)34-28(26)35(45)37(8,50-34)48-14-13-25(47-9)18(3)33(49-22(7)39)20(5)30(42)19(4)29(16)41/h10-16,18-20,25,29-30,33,41-43H,1-9H3,(H,38,46)/t16?,18?,19?,20?,25?,29?,30?,33?,37-/m0/s1. The van der Waals surface area contributed by atoms with E-state index in [2.05, 4.69) is 5.32 Å². The van der Waals surface area contributed by atoms with Gasteiger partial charge in [0.25, 0.3) is 11.7 Å². The molecule has 0 spiro atoms. The Kier molecular flexibility index (Phi) is 11.2. The molecule has 13 heteroatoms. The van der Waals surface area contributed by atoms with Crippen molar-refractivity contribution in [3.8, 4) is 11.5 Å². The number of aromatic hydroxyl groups is 1. The Morgan fingerprint density at radius 2 is 1.60 bits per heavy atom. The first-order chi connectivity index (χ1) is 23.4. The number of fused-ring (bicyclic) bond motifs is 14. The van der Waals surface area contributed by atoms with Crippen molar-refractivity contribution in [3.05, 3.63) is 70.2 Å². The van der Waals surface area contributed by atoms with Crippen LogP contribution in [0.25, 0.3) is 0 Å². The van der Waals surface area contributed by atoms with Gasteiger partial charge in [0.2, 0.25) is 5.78 Å². The number of nitrogens with one attached hydrogen (secondary N) is 1. The number of benzene rings is 1. The van der Waals surface area contributed by atoms with Crippen molar-refractivity contribution in [3.63, 3.8) is 0 Å². The number of carbonyl (C=O) groups is 5. The molecule has 9 atom stereocenters. The molecule has 1 aromatic carbocycles. The van der Waals surface area contributed by atoms with Crippen molar-refractivity contribution >= 4 is 29.2 Å². The van der Waals surface area contributed by atoms with E-state index in [9.17, 15) is 39.3 Å². The highest BCUT2D eigenvalue weighted by atomic mass is 16.7. The number of allylic oxidation sites excluding steroid dienone is 4. The molecule has 1 amide bonds. The summed E-state index contributed by atoms with van der Waals surface area (Å²) in [5, 5.41) is 36.1. The lowest BCUT2D eigenvalue weighted by Crippen LogP contribution is -2.46. The van der Waals surface area contributed by atoms with Crippen LogP contribution in [0, 0.1) is 30.6 Å². The topological polar surface area (TPSA) is 195 Å². The van der Waals surface area contributed by atoms with Gasteiger partial charge in [-0.15, -0.1) is 0 Å². The molecule has 5 bridgehead atoms. The third kappa shape index (κ3) is 7.03. The minimum absolute atomic E-state index is 0.00885. The number of hydrogen-bond donors (Lipinski definition) is 4. The summed E-state index contributed by atoms with van der Waals surface area (Å²) in [6.07, 6.45) is 4.31. The van der Waals surface area contributed by atoms with Gasteiger partial charge in [-0.25, -0.2) is 0 Å². The molecule has 0 fully saturated rings. The molecule has 4 N–H and O–H groups in total. The Bertz CT molecular complexity index is 1720. The molecule has 1 aromatic rings. The smallest absolute Gasteiger partial charge is 0.312 e. The first-order valence-electron chi connectivity index (χ1n) is 16.4. The number of hydrogen-bond acceptors (Lipinski definition) is 12. The Labute approximate surface area is 290 Å². The van der Waals surface area contributed by atoms with Gasteiger partial charge in [-0.3, -0.25) is 24.0 Å². The summed E-state index contributed by atoms with van der Waals surface area (Å²) >= 11 is 0. The summed E-state index contributed by atoms with van der Waals surface area (Å²) in [6, 6.07) is 0. The second-order valence-corrected chi connectivity index (χ2v) is 13.4. The van der Waals surface area contributed by atoms with Gasteiger partial charge in [0.15, 0.2) is 5.78 Å². The normalized spacial score (nSPS) is 32.1. The fourth-order valence-electron chi connectivity index (χ4n) is 6.62. The number of carbonyl (C=O) groups excluding carboxylic acids is 5. The Hall–Kier alpha value is -4.59. The van der Waals surface area contributed by atoms with Crippen molar-refractivity contribution in [1.29, 1.82) is 0 Å². The number of aliphatic hydroxyl groups is 2. The van der Waals surface area contributed by atoms with Crippen LogP contribution in [0.15, 0.2) is 47.9 Å². The van der Waals surface area contributed by atoms with Crippen LogP contribution in [0.3, 0.4) is 0 Å². The lowest BCUT2D eigenvalue weighted by molar-refractivity contribution is -0.160. The van der Waals surface area contributed by atoms with Gasteiger partial charge in [-0.1, -0.05) is 45.9 Å². The van der Waals surface area contributed by atoms with Gasteiger partial charge < -0.3 is 39.6 Å². The molecule has 1 aliphatic carbocycles. The summed E-state index contributed by atoms with van der Waals surface area (Å²) < 4.78 is 23.1. The van der Waals surface area contributed by atoms with E-state index < -0.39 is 100 Å². The fraction of sp³-hybridized carbons (Fsp3) is 0.486. The zero-order valence-electron chi connectivity index (χ0n) is 29.6. The lowest BCUT2D eigenvalue weighted by Gasteiger charge is -2.38. The number of rotatable bonds is 2. The van der Waals surface area contributed by atoms with Crippen LogP contribution < -0.4 is 10.1 Å². The van der Waals surface area contributed by atoms with E-state index in [1.54, 1.807) is 39.8 Å². The van der Waals surface area contributed by atoms with Gasteiger partial charge in [-0.05, 0) is 19.9 Å². The Morgan fingerprint density at radius 1 is 0.940 bits per heavy atom. The maximum atomic E-state index is 13.9. The second-order valence-electron chi connectivity index (χ2n) is 13.4. The summed E-state index contributed by atoms with van der Waals surface area (Å²) in [5.41, 5.74) is -1.31. The molecule has 0 radical (unpaired) electrons. The average molecular weight is 696 g/mol. The quantitative estimate of drug-likeness (QED) is 0.329. The van der Waals surface area contributed by atoms with Crippen LogP contribution in [0.1, 0.15) is 85.1 Å². The molecule has 4 aliphatic rings. The summed E-state index contributed by atoms with van der Waals surface area (Å²) in [7, 11) is 1.42. The minimum Gasteiger partial charge on any atom is -0.507 e. The van der Waals surface area contributed by atoms with Gasteiger partial charge in [0.1, 0.15) is 17.6 Å². The van der Waals surface area contributed by atoms with Crippen molar-refractivity contribution < 1.29 is 58.2 Å². The van der Waals surface area contributed by atoms with Crippen molar-refractivity contribution in [1.82, 2.24) is 5.32 Å². The highest BCUT2D eigenvalue weighted by Crippen LogP contribution is 2.47. The van der Waals surface area contributed by atoms with Crippen molar-refractivity contribution in [2.45, 2.75) is 85.6 Å². The molecule has 5 rings (SSSR count). The van der Waals surface area contributed by atoms with Crippen LogP contribution in [-0.4, -0.2) is 81.9 Å².